The number of halogens is 1. The molecule has 1 aliphatic rings. The maximum atomic E-state index is 14.2. The van der Waals surface area contributed by atoms with Gasteiger partial charge >= 0.3 is 12.1 Å². The summed E-state index contributed by atoms with van der Waals surface area (Å²) in [5.41, 5.74) is -1.42. The summed E-state index contributed by atoms with van der Waals surface area (Å²) < 4.78 is 24.1. The van der Waals surface area contributed by atoms with Crippen molar-refractivity contribution in [3.63, 3.8) is 0 Å². The number of rotatable bonds is 6. The molecule has 0 saturated heterocycles. The number of nitrogens with one attached hydrogen (secondary N) is 1. The molecule has 0 heterocycles. The molecule has 7 heteroatoms. The predicted octanol–water partition coefficient (Wildman–Crippen LogP) is 2.23. The van der Waals surface area contributed by atoms with Gasteiger partial charge in [0, 0.05) is 11.6 Å². The fourth-order valence-electron chi connectivity index (χ4n) is 2.85. The normalized spacial score (nSPS) is 22.6. The first-order valence-electron chi connectivity index (χ1n) is 7.05. The molecule has 0 bridgehead atoms. The third-order valence-electron chi connectivity index (χ3n) is 3.93. The summed E-state index contributed by atoms with van der Waals surface area (Å²) in [6.45, 7) is 3.48. The molecule has 1 amide bonds. The van der Waals surface area contributed by atoms with Crippen LogP contribution in [0.2, 0.25) is 0 Å². The lowest BCUT2D eigenvalue weighted by Gasteiger charge is -2.45. The second-order valence-corrected chi connectivity index (χ2v) is 5.34. The Morgan fingerprint density at radius 1 is 1.52 bits per heavy atom. The molecule has 0 spiro atoms. The quantitative estimate of drug-likeness (QED) is 0.784. The molecule has 1 aromatic carbocycles. The van der Waals surface area contributed by atoms with E-state index in [2.05, 4.69) is 11.9 Å². The van der Waals surface area contributed by atoms with E-state index >= 15 is 0 Å². The summed E-state index contributed by atoms with van der Waals surface area (Å²) in [5, 5.41) is 12.1. The summed E-state index contributed by atoms with van der Waals surface area (Å²) >= 11 is 0. The van der Waals surface area contributed by atoms with Gasteiger partial charge in [-0.25, -0.2) is 9.18 Å². The first-order chi connectivity index (χ1) is 10.9. The molecule has 1 aromatic rings. The van der Waals surface area contributed by atoms with Crippen LogP contribution in [0.5, 0.6) is 5.75 Å². The summed E-state index contributed by atoms with van der Waals surface area (Å²) in [6.07, 6.45) is 0.881. The second kappa shape index (κ2) is 6.68. The van der Waals surface area contributed by atoms with Gasteiger partial charge in [0.2, 0.25) is 0 Å². The third kappa shape index (κ3) is 3.13. The Bertz CT molecular complexity index is 625. The number of carbonyl (C=O) groups is 2. The van der Waals surface area contributed by atoms with E-state index in [0.29, 0.717) is 0 Å². The Kier molecular flexibility index (Phi) is 4.88. The first kappa shape index (κ1) is 16.8. The monoisotopic (exact) mass is 323 g/mol. The highest BCUT2D eigenvalue weighted by Gasteiger charge is 2.55. The number of methoxy groups -OCH3 is 1. The number of hydrogen-bond acceptors (Lipinski definition) is 4. The molecule has 0 aromatic heterocycles. The average molecular weight is 323 g/mol. The third-order valence-corrected chi connectivity index (χ3v) is 3.93. The van der Waals surface area contributed by atoms with Crippen LogP contribution in [0.1, 0.15) is 18.4 Å². The molecular weight excluding hydrogens is 305 g/mol. The first-order valence-corrected chi connectivity index (χ1v) is 7.05. The lowest BCUT2D eigenvalue weighted by Crippen LogP contribution is -2.57. The van der Waals surface area contributed by atoms with Crippen molar-refractivity contribution in [2.75, 3.05) is 13.7 Å². The number of ether oxygens (including phenoxy) is 2. The number of amides is 1. The maximum Gasteiger partial charge on any atom is 0.407 e. The van der Waals surface area contributed by atoms with Gasteiger partial charge < -0.3 is 19.9 Å². The fourth-order valence-corrected chi connectivity index (χ4v) is 2.85. The van der Waals surface area contributed by atoms with Gasteiger partial charge in [0.1, 0.15) is 23.6 Å². The Morgan fingerprint density at radius 2 is 2.22 bits per heavy atom. The van der Waals surface area contributed by atoms with Crippen LogP contribution >= 0.6 is 0 Å². The minimum Gasteiger partial charge on any atom is -0.496 e. The zero-order chi connectivity index (χ0) is 17.0. The Balaban J connectivity index is 2.18. The van der Waals surface area contributed by atoms with Crippen LogP contribution in [0, 0.1) is 5.82 Å². The number of hydrogen-bond donors (Lipinski definition) is 2. The lowest BCUT2D eigenvalue weighted by atomic mass is 9.61. The van der Waals surface area contributed by atoms with Gasteiger partial charge in [0.25, 0.3) is 0 Å². The van der Waals surface area contributed by atoms with Crippen LogP contribution < -0.4 is 10.1 Å². The van der Waals surface area contributed by atoms with Crippen molar-refractivity contribution in [2.45, 2.75) is 24.3 Å². The molecule has 0 aliphatic heterocycles. The maximum absolute atomic E-state index is 14.2. The standard InChI is InChI=1S/C16H18FNO5/c1-3-7-23-15(21)18-10-8-16(9-10,14(19)20)13-11(17)5-4-6-12(13)22-2/h3-6,10H,1,7-9H2,2H3,(H,18,21)(H,19,20). The number of carboxylic acids is 1. The molecular formula is C16H18FNO5. The predicted molar refractivity (Wildman–Crippen MR) is 80.0 cm³/mol. The van der Waals surface area contributed by atoms with Crippen LogP contribution in [0.4, 0.5) is 9.18 Å². The van der Waals surface area contributed by atoms with Gasteiger partial charge in [0.15, 0.2) is 0 Å². The van der Waals surface area contributed by atoms with Gasteiger partial charge in [-0.05, 0) is 25.0 Å². The average Bonchev–Trinajstić information content (AvgIpc) is 2.48. The van der Waals surface area contributed by atoms with Gasteiger partial charge in [-0.2, -0.15) is 0 Å². The highest BCUT2D eigenvalue weighted by Crippen LogP contribution is 2.48. The highest BCUT2D eigenvalue weighted by molar-refractivity contribution is 5.85. The van der Waals surface area contributed by atoms with E-state index in [1.807, 2.05) is 0 Å². The van der Waals surface area contributed by atoms with E-state index < -0.39 is 29.3 Å². The smallest absolute Gasteiger partial charge is 0.407 e. The molecule has 0 radical (unpaired) electrons. The lowest BCUT2D eigenvalue weighted by molar-refractivity contribution is -0.148. The summed E-state index contributed by atoms with van der Waals surface area (Å²) in [4.78, 5) is 23.2. The molecule has 23 heavy (non-hydrogen) atoms. The van der Waals surface area contributed by atoms with Gasteiger partial charge in [-0.1, -0.05) is 18.7 Å². The number of benzene rings is 1. The second-order valence-electron chi connectivity index (χ2n) is 5.34. The number of aliphatic carboxylic acids is 1. The van der Waals surface area contributed by atoms with Crippen LogP contribution in [-0.4, -0.2) is 36.9 Å². The molecule has 6 nitrogen and oxygen atoms in total. The Hall–Kier alpha value is -2.57. The molecule has 124 valence electrons. The van der Waals surface area contributed by atoms with Gasteiger partial charge in [-0.3, -0.25) is 4.79 Å². The van der Waals surface area contributed by atoms with Crippen LogP contribution in [0.15, 0.2) is 30.9 Å². The van der Waals surface area contributed by atoms with Crippen molar-refractivity contribution < 1.29 is 28.6 Å². The molecule has 1 saturated carbocycles. The van der Waals surface area contributed by atoms with Crippen molar-refractivity contribution in [3.05, 3.63) is 42.2 Å². The van der Waals surface area contributed by atoms with Crippen molar-refractivity contribution in [1.29, 1.82) is 0 Å². The minimum absolute atomic E-state index is 0.00695. The Labute approximate surface area is 132 Å². The van der Waals surface area contributed by atoms with E-state index in [1.165, 1.54) is 31.4 Å². The van der Waals surface area contributed by atoms with Gasteiger partial charge in [0.05, 0.1) is 7.11 Å². The number of carboxylic acid groups (broad SMARTS) is 1. The van der Waals surface area contributed by atoms with Gasteiger partial charge in [-0.15, -0.1) is 0 Å². The van der Waals surface area contributed by atoms with E-state index in [-0.39, 0.29) is 30.8 Å². The van der Waals surface area contributed by atoms with Crippen molar-refractivity contribution >= 4 is 12.1 Å². The Morgan fingerprint density at radius 3 is 2.78 bits per heavy atom. The minimum atomic E-state index is -1.42. The number of carbonyl (C=O) groups excluding carboxylic acids is 1. The molecule has 0 unspecified atom stereocenters. The highest BCUT2D eigenvalue weighted by atomic mass is 19.1. The van der Waals surface area contributed by atoms with E-state index in [9.17, 15) is 19.1 Å². The molecule has 1 aliphatic carbocycles. The van der Waals surface area contributed by atoms with Crippen LogP contribution in [0.25, 0.3) is 0 Å². The van der Waals surface area contributed by atoms with E-state index in [4.69, 9.17) is 9.47 Å². The zero-order valence-corrected chi connectivity index (χ0v) is 12.7. The fraction of sp³-hybridized carbons (Fsp3) is 0.375. The number of alkyl carbamates (subject to hydrolysis) is 1. The van der Waals surface area contributed by atoms with Crippen LogP contribution in [0.3, 0.4) is 0 Å². The summed E-state index contributed by atoms with van der Waals surface area (Å²) in [7, 11) is 1.36. The molecule has 2 N–H and O–H groups in total. The zero-order valence-electron chi connectivity index (χ0n) is 12.7. The molecule has 1 fully saturated rings. The van der Waals surface area contributed by atoms with Crippen LogP contribution in [-0.2, 0) is 14.9 Å². The van der Waals surface area contributed by atoms with E-state index in [0.717, 1.165) is 0 Å². The topological polar surface area (TPSA) is 84.9 Å². The van der Waals surface area contributed by atoms with Crippen molar-refractivity contribution in [1.82, 2.24) is 5.32 Å². The summed E-state index contributed by atoms with van der Waals surface area (Å²) in [5.74, 6) is -1.61. The molecule has 2 rings (SSSR count). The van der Waals surface area contributed by atoms with Crippen molar-refractivity contribution in [2.24, 2.45) is 0 Å². The SMILES string of the molecule is C=CCOC(=O)NC1CC(C(=O)O)(c2c(F)cccc2OC)C1. The molecule has 0 atom stereocenters. The van der Waals surface area contributed by atoms with Crippen molar-refractivity contribution in [3.8, 4) is 5.75 Å². The summed E-state index contributed by atoms with van der Waals surface area (Å²) in [6, 6.07) is 3.76. The van der Waals surface area contributed by atoms with E-state index in [1.54, 1.807) is 0 Å². The largest absolute Gasteiger partial charge is 0.496 e.